The smallest absolute Gasteiger partial charge is 0.343 e. The van der Waals surface area contributed by atoms with E-state index in [4.69, 9.17) is 4.74 Å². The summed E-state index contributed by atoms with van der Waals surface area (Å²) in [7, 11) is 0. The normalized spacial score (nSPS) is 19.2. The van der Waals surface area contributed by atoms with Crippen LogP contribution in [0.25, 0.3) is 0 Å². The van der Waals surface area contributed by atoms with Crippen LogP contribution in [-0.4, -0.2) is 17.7 Å². The maximum Gasteiger partial charge on any atom is 0.343 e. The summed E-state index contributed by atoms with van der Waals surface area (Å²) in [5, 5.41) is 10.6. The molecule has 1 aromatic heterocycles. The first-order valence-corrected chi connectivity index (χ1v) is 6.85. The van der Waals surface area contributed by atoms with Crippen LogP contribution in [-0.2, 0) is 15.1 Å². The molecule has 1 unspecified atom stereocenters. The molecule has 1 aliphatic carbocycles. The van der Waals surface area contributed by atoms with Gasteiger partial charge >= 0.3 is 5.97 Å². The van der Waals surface area contributed by atoms with Gasteiger partial charge in [0, 0.05) is 10.8 Å². The third-order valence-electron chi connectivity index (χ3n) is 2.70. The van der Waals surface area contributed by atoms with Gasteiger partial charge in [0.05, 0.1) is 10.4 Å². The van der Waals surface area contributed by atoms with Crippen molar-refractivity contribution in [1.29, 1.82) is 0 Å². The van der Waals surface area contributed by atoms with Gasteiger partial charge < -0.3 is 9.84 Å². The molecule has 1 atom stereocenters. The summed E-state index contributed by atoms with van der Waals surface area (Å²) in [6.45, 7) is 2.04. The number of hydrogen-bond acceptors (Lipinski definition) is 4. The minimum atomic E-state index is -1.44. The molecule has 2 rings (SSSR count). The number of hydrogen-bond donors (Lipinski definition) is 1. The van der Waals surface area contributed by atoms with Crippen LogP contribution in [0.5, 0.6) is 0 Å². The van der Waals surface area contributed by atoms with E-state index < -0.39 is 11.6 Å². The monoisotopic (exact) mass is 304 g/mol. The third kappa shape index (κ3) is 2.04. The fourth-order valence-corrected chi connectivity index (χ4v) is 3.27. The molecule has 0 aliphatic heterocycles. The molecule has 5 heteroatoms. The first-order valence-electron chi connectivity index (χ1n) is 5.24. The highest BCUT2D eigenvalue weighted by Gasteiger charge is 2.53. The Labute approximate surface area is 107 Å². The van der Waals surface area contributed by atoms with E-state index in [1.807, 2.05) is 6.07 Å². The number of carbonyl (C=O) groups excluding carboxylic acids is 1. The number of rotatable bonds is 4. The molecule has 3 nitrogen and oxygen atoms in total. The van der Waals surface area contributed by atoms with Crippen molar-refractivity contribution in [3.8, 4) is 0 Å². The van der Waals surface area contributed by atoms with Crippen molar-refractivity contribution < 1.29 is 14.6 Å². The predicted molar refractivity (Wildman–Crippen MR) is 65.3 cm³/mol. The summed E-state index contributed by atoms with van der Waals surface area (Å²) >= 11 is 4.72. The molecule has 16 heavy (non-hydrogen) atoms. The molecule has 1 fully saturated rings. The molecule has 0 radical (unpaired) electrons. The second-order valence-corrected chi connectivity index (χ2v) is 6.33. The summed E-state index contributed by atoms with van der Waals surface area (Å²) < 4.78 is 5.88. The first kappa shape index (κ1) is 12.1. The van der Waals surface area contributed by atoms with Crippen molar-refractivity contribution in [2.45, 2.75) is 25.4 Å². The molecule has 88 valence electrons. The summed E-state index contributed by atoms with van der Waals surface area (Å²) in [4.78, 5) is 12.5. The van der Waals surface area contributed by atoms with E-state index in [0.29, 0.717) is 11.5 Å². The van der Waals surface area contributed by atoms with Crippen LogP contribution in [0.2, 0.25) is 0 Å². The lowest BCUT2D eigenvalue weighted by Crippen LogP contribution is -2.38. The summed E-state index contributed by atoms with van der Waals surface area (Å²) in [5.41, 5.74) is -1.44. The van der Waals surface area contributed by atoms with Crippen molar-refractivity contribution in [3.63, 3.8) is 0 Å². The Morgan fingerprint density at radius 3 is 2.81 bits per heavy atom. The second-order valence-electron chi connectivity index (χ2n) is 3.86. The molecule has 0 spiro atoms. The Balaban J connectivity index is 2.31. The molecule has 1 aromatic rings. The fourth-order valence-electron chi connectivity index (χ4n) is 1.73. The molecular weight excluding hydrogens is 292 g/mol. The largest absolute Gasteiger partial charge is 0.464 e. The van der Waals surface area contributed by atoms with Crippen LogP contribution in [0.3, 0.4) is 0 Å². The van der Waals surface area contributed by atoms with Crippen LogP contribution in [0, 0.1) is 5.92 Å². The molecule has 1 heterocycles. The van der Waals surface area contributed by atoms with E-state index >= 15 is 0 Å². The molecule has 0 saturated heterocycles. The molecule has 1 aliphatic rings. The van der Waals surface area contributed by atoms with Crippen LogP contribution in [0.4, 0.5) is 0 Å². The van der Waals surface area contributed by atoms with Crippen molar-refractivity contribution in [1.82, 2.24) is 0 Å². The minimum Gasteiger partial charge on any atom is -0.464 e. The van der Waals surface area contributed by atoms with Crippen LogP contribution >= 0.6 is 27.3 Å². The minimum absolute atomic E-state index is 0.0112. The maximum atomic E-state index is 11.9. The van der Waals surface area contributed by atoms with Crippen molar-refractivity contribution in [2.24, 2.45) is 5.92 Å². The maximum absolute atomic E-state index is 11.9. The standard InChI is InChI=1S/C11H13BrO3S/c1-2-15-10(13)11(14,7-3-4-7)8-5-6-9(12)16-8/h5-7,14H,2-4H2,1H3. The highest BCUT2D eigenvalue weighted by Crippen LogP contribution is 2.48. The number of thiophene rings is 1. The highest BCUT2D eigenvalue weighted by atomic mass is 79.9. The Hall–Kier alpha value is -0.390. The molecule has 1 saturated carbocycles. The van der Waals surface area contributed by atoms with Crippen molar-refractivity contribution in [2.75, 3.05) is 6.61 Å². The number of carbonyl (C=O) groups is 1. The predicted octanol–water partition coefficient (Wildman–Crippen LogP) is 2.67. The van der Waals surface area contributed by atoms with Gasteiger partial charge in [0.25, 0.3) is 0 Å². The fraction of sp³-hybridized carbons (Fsp3) is 0.545. The van der Waals surface area contributed by atoms with E-state index in [0.717, 1.165) is 16.6 Å². The van der Waals surface area contributed by atoms with Crippen molar-refractivity contribution >= 4 is 33.2 Å². The number of halogens is 1. The van der Waals surface area contributed by atoms with E-state index in [1.54, 1.807) is 13.0 Å². The summed E-state index contributed by atoms with van der Waals surface area (Å²) in [5.74, 6) is -0.510. The lowest BCUT2D eigenvalue weighted by molar-refractivity contribution is -0.168. The van der Waals surface area contributed by atoms with Gasteiger partial charge in [-0.25, -0.2) is 4.79 Å². The van der Waals surface area contributed by atoms with Crippen LogP contribution < -0.4 is 0 Å². The second kappa shape index (κ2) is 4.47. The Kier molecular flexibility index (Phi) is 3.37. The lowest BCUT2D eigenvalue weighted by atomic mass is 9.96. The molecule has 1 N–H and O–H groups in total. The zero-order valence-electron chi connectivity index (χ0n) is 8.90. The zero-order valence-corrected chi connectivity index (χ0v) is 11.3. The Bertz CT molecular complexity index is 400. The number of aliphatic hydroxyl groups is 1. The first-order chi connectivity index (χ1) is 7.59. The SMILES string of the molecule is CCOC(=O)C(O)(c1ccc(Br)s1)C1CC1. The quantitative estimate of drug-likeness (QED) is 0.870. The van der Waals surface area contributed by atoms with Gasteiger partial charge in [-0.2, -0.15) is 0 Å². The summed E-state index contributed by atoms with van der Waals surface area (Å²) in [6, 6.07) is 3.62. The van der Waals surface area contributed by atoms with Crippen LogP contribution in [0.15, 0.2) is 15.9 Å². The summed E-state index contributed by atoms with van der Waals surface area (Å²) in [6.07, 6.45) is 1.76. The molecule has 0 amide bonds. The highest BCUT2D eigenvalue weighted by molar-refractivity contribution is 9.11. The van der Waals surface area contributed by atoms with E-state index in [2.05, 4.69) is 15.9 Å². The molecular formula is C11H13BrO3S. The Morgan fingerprint density at radius 1 is 1.69 bits per heavy atom. The Morgan fingerprint density at radius 2 is 2.38 bits per heavy atom. The van der Waals surface area contributed by atoms with Crippen LogP contribution in [0.1, 0.15) is 24.6 Å². The van der Waals surface area contributed by atoms with Gasteiger partial charge in [-0.1, -0.05) is 0 Å². The topological polar surface area (TPSA) is 46.5 Å². The van der Waals surface area contributed by atoms with Crippen molar-refractivity contribution in [3.05, 3.63) is 20.8 Å². The van der Waals surface area contributed by atoms with Gasteiger partial charge in [0.2, 0.25) is 0 Å². The third-order valence-corrected chi connectivity index (χ3v) is 4.45. The van der Waals surface area contributed by atoms with Gasteiger partial charge in [-0.3, -0.25) is 0 Å². The average Bonchev–Trinajstić information content (AvgIpc) is 3.01. The molecule has 0 bridgehead atoms. The zero-order chi connectivity index (χ0) is 11.8. The van der Waals surface area contributed by atoms with E-state index in [9.17, 15) is 9.90 Å². The number of ether oxygens (including phenoxy) is 1. The lowest BCUT2D eigenvalue weighted by Gasteiger charge is -2.24. The average molecular weight is 305 g/mol. The van der Waals surface area contributed by atoms with Gasteiger partial charge in [0.1, 0.15) is 0 Å². The molecule has 0 aromatic carbocycles. The van der Waals surface area contributed by atoms with E-state index in [-0.39, 0.29) is 5.92 Å². The number of esters is 1. The van der Waals surface area contributed by atoms with Gasteiger partial charge in [-0.15, -0.1) is 11.3 Å². The van der Waals surface area contributed by atoms with E-state index in [1.165, 1.54) is 11.3 Å². The van der Waals surface area contributed by atoms with Gasteiger partial charge in [0.15, 0.2) is 5.60 Å². The van der Waals surface area contributed by atoms with Gasteiger partial charge in [-0.05, 0) is 47.8 Å².